The molecule has 1 atom stereocenters. The summed E-state index contributed by atoms with van der Waals surface area (Å²) in [4.78, 5) is 12.5. The van der Waals surface area contributed by atoms with Gasteiger partial charge in [0.25, 0.3) is 5.69 Å². The molecule has 18 heavy (non-hydrogen) atoms. The number of non-ortho nitro benzene ring substituents is 1. The van der Waals surface area contributed by atoms with E-state index in [2.05, 4.69) is 20.8 Å². The van der Waals surface area contributed by atoms with Crippen LogP contribution in [0.3, 0.4) is 0 Å². The highest BCUT2D eigenvalue weighted by Crippen LogP contribution is 2.29. The van der Waals surface area contributed by atoms with E-state index in [-0.39, 0.29) is 10.6 Å². The Labute approximate surface area is 114 Å². The Morgan fingerprint density at radius 2 is 2.39 bits per heavy atom. The maximum Gasteiger partial charge on any atom is 0.269 e. The molecule has 1 unspecified atom stereocenters. The van der Waals surface area contributed by atoms with E-state index in [1.165, 1.54) is 0 Å². The highest BCUT2D eigenvalue weighted by molar-refractivity contribution is 9.08. The van der Waals surface area contributed by atoms with Crippen LogP contribution < -0.4 is 4.90 Å². The number of likely N-dealkylation sites (N-methyl/N-ethyl adjacent to an activating group) is 1. The third-order valence-corrected chi connectivity index (χ3v) is 3.86. The molecule has 2 rings (SSSR count). The van der Waals surface area contributed by atoms with Crippen molar-refractivity contribution in [3.8, 4) is 0 Å². The molecule has 1 aliphatic rings. The Morgan fingerprint density at radius 1 is 1.61 bits per heavy atom. The lowest BCUT2D eigenvalue weighted by Crippen LogP contribution is -2.32. The first-order valence-electron chi connectivity index (χ1n) is 5.77. The number of nitro benzene ring substituents is 1. The minimum Gasteiger partial charge on any atom is -0.379 e. The van der Waals surface area contributed by atoms with Crippen molar-refractivity contribution in [1.82, 2.24) is 0 Å². The van der Waals surface area contributed by atoms with Gasteiger partial charge < -0.3 is 9.64 Å². The van der Waals surface area contributed by atoms with Crippen LogP contribution in [-0.2, 0) is 10.1 Å². The van der Waals surface area contributed by atoms with E-state index in [4.69, 9.17) is 4.74 Å². The number of benzene rings is 1. The van der Waals surface area contributed by atoms with Gasteiger partial charge in [-0.15, -0.1) is 0 Å². The van der Waals surface area contributed by atoms with Crippen molar-refractivity contribution < 1.29 is 9.66 Å². The van der Waals surface area contributed by atoms with Gasteiger partial charge in [0.15, 0.2) is 0 Å². The van der Waals surface area contributed by atoms with Crippen LogP contribution in [0, 0.1) is 10.1 Å². The Morgan fingerprint density at radius 3 is 2.94 bits per heavy atom. The fourth-order valence-electron chi connectivity index (χ4n) is 2.16. The summed E-state index contributed by atoms with van der Waals surface area (Å²) in [7, 11) is 2.01. The van der Waals surface area contributed by atoms with Crippen LogP contribution in [0.4, 0.5) is 11.4 Å². The second kappa shape index (κ2) is 5.67. The van der Waals surface area contributed by atoms with Gasteiger partial charge in [-0.3, -0.25) is 10.1 Å². The smallest absolute Gasteiger partial charge is 0.269 e. The Kier molecular flexibility index (Phi) is 4.19. The topological polar surface area (TPSA) is 55.6 Å². The minimum absolute atomic E-state index is 0.129. The van der Waals surface area contributed by atoms with Gasteiger partial charge in [0, 0.05) is 36.8 Å². The average Bonchev–Trinajstić information content (AvgIpc) is 2.90. The first kappa shape index (κ1) is 13.3. The maximum atomic E-state index is 10.8. The van der Waals surface area contributed by atoms with Gasteiger partial charge in [-0.25, -0.2) is 0 Å². The van der Waals surface area contributed by atoms with Crippen molar-refractivity contribution in [3.63, 3.8) is 0 Å². The Balaban J connectivity index is 2.28. The maximum absolute atomic E-state index is 10.8. The second-order valence-corrected chi connectivity index (χ2v) is 4.89. The third kappa shape index (κ3) is 2.64. The minimum atomic E-state index is -0.366. The standard InChI is InChI=1S/C12H15BrN2O3/c1-14(11-4-5-18-8-11)12-3-2-10(15(16)17)6-9(12)7-13/h2-3,6,11H,4-5,7-8H2,1H3. The van der Waals surface area contributed by atoms with Crippen LogP contribution in [-0.4, -0.2) is 31.2 Å². The van der Waals surface area contributed by atoms with Crippen LogP contribution in [0.5, 0.6) is 0 Å². The zero-order valence-electron chi connectivity index (χ0n) is 10.1. The summed E-state index contributed by atoms with van der Waals surface area (Å²) in [5.41, 5.74) is 2.08. The van der Waals surface area contributed by atoms with Crippen molar-refractivity contribution in [2.75, 3.05) is 25.2 Å². The van der Waals surface area contributed by atoms with Crippen molar-refractivity contribution >= 4 is 27.3 Å². The molecule has 0 saturated carbocycles. The number of nitrogens with zero attached hydrogens (tertiary/aromatic N) is 2. The van der Waals surface area contributed by atoms with E-state index >= 15 is 0 Å². The molecule has 1 aromatic rings. The van der Waals surface area contributed by atoms with Gasteiger partial charge >= 0.3 is 0 Å². The first-order chi connectivity index (χ1) is 8.63. The molecule has 1 aromatic carbocycles. The quantitative estimate of drug-likeness (QED) is 0.487. The molecule has 1 aliphatic heterocycles. The van der Waals surface area contributed by atoms with Gasteiger partial charge in [-0.05, 0) is 18.1 Å². The molecular weight excluding hydrogens is 300 g/mol. The van der Waals surface area contributed by atoms with Crippen LogP contribution in [0.1, 0.15) is 12.0 Å². The summed E-state index contributed by atoms with van der Waals surface area (Å²) in [6.45, 7) is 1.50. The lowest BCUT2D eigenvalue weighted by atomic mass is 10.1. The van der Waals surface area contributed by atoms with Gasteiger partial charge in [-0.2, -0.15) is 0 Å². The molecule has 0 radical (unpaired) electrons. The number of halogens is 1. The molecule has 6 heteroatoms. The number of rotatable bonds is 4. The van der Waals surface area contributed by atoms with Crippen molar-refractivity contribution in [2.45, 2.75) is 17.8 Å². The molecule has 5 nitrogen and oxygen atoms in total. The Hall–Kier alpha value is -1.14. The van der Waals surface area contributed by atoms with E-state index in [0.29, 0.717) is 11.4 Å². The van der Waals surface area contributed by atoms with Crippen LogP contribution >= 0.6 is 15.9 Å². The SMILES string of the molecule is CN(c1ccc([N+](=O)[O-])cc1CBr)C1CCOC1. The zero-order valence-corrected chi connectivity index (χ0v) is 11.7. The molecule has 1 saturated heterocycles. The molecule has 0 spiro atoms. The van der Waals surface area contributed by atoms with Crippen molar-refractivity contribution in [2.24, 2.45) is 0 Å². The summed E-state index contributed by atoms with van der Waals surface area (Å²) >= 11 is 3.39. The molecule has 0 aromatic heterocycles. The highest BCUT2D eigenvalue weighted by atomic mass is 79.9. The molecule has 1 heterocycles. The summed E-state index contributed by atoms with van der Waals surface area (Å²) in [6.07, 6.45) is 0.995. The van der Waals surface area contributed by atoms with E-state index in [0.717, 1.165) is 30.9 Å². The summed E-state index contributed by atoms with van der Waals surface area (Å²) in [5.74, 6) is 0. The molecule has 0 bridgehead atoms. The highest BCUT2D eigenvalue weighted by Gasteiger charge is 2.23. The normalized spacial score (nSPS) is 18.9. The zero-order chi connectivity index (χ0) is 13.1. The van der Waals surface area contributed by atoms with Gasteiger partial charge in [-0.1, -0.05) is 15.9 Å². The van der Waals surface area contributed by atoms with Crippen LogP contribution in [0.2, 0.25) is 0 Å². The van der Waals surface area contributed by atoms with Gasteiger partial charge in [0.05, 0.1) is 17.6 Å². The van der Waals surface area contributed by atoms with E-state index in [1.54, 1.807) is 12.1 Å². The fraction of sp³-hybridized carbons (Fsp3) is 0.500. The van der Waals surface area contributed by atoms with E-state index in [1.807, 2.05) is 13.1 Å². The average molecular weight is 315 g/mol. The Bertz CT molecular complexity index is 447. The summed E-state index contributed by atoms with van der Waals surface area (Å²) in [5, 5.41) is 11.4. The predicted molar refractivity (Wildman–Crippen MR) is 73.4 cm³/mol. The number of anilines is 1. The number of hydrogen-bond donors (Lipinski definition) is 0. The number of nitro groups is 1. The fourth-order valence-corrected chi connectivity index (χ4v) is 2.61. The third-order valence-electron chi connectivity index (χ3n) is 3.25. The predicted octanol–water partition coefficient (Wildman–Crippen LogP) is 2.71. The lowest BCUT2D eigenvalue weighted by molar-refractivity contribution is -0.384. The summed E-state index contributed by atoms with van der Waals surface area (Å²) in [6, 6.07) is 5.33. The molecular formula is C12H15BrN2O3. The first-order valence-corrected chi connectivity index (χ1v) is 6.89. The molecule has 0 aliphatic carbocycles. The monoisotopic (exact) mass is 314 g/mol. The van der Waals surface area contributed by atoms with Gasteiger partial charge in [0.1, 0.15) is 0 Å². The molecule has 98 valence electrons. The van der Waals surface area contributed by atoms with Crippen molar-refractivity contribution in [1.29, 1.82) is 0 Å². The largest absolute Gasteiger partial charge is 0.379 e. The second-order valence-electron chi connectivity index (χ2n) is 4.33. The van der Waals surface area contributed by atoms with Crippen LogP contribution in [0.15, 0.2) is 18.2 Å². The molecule has 0 N–H and O–H groups in total. The van der Waals surface area contributed by atoms with Crippen LogP contribution in [0.25, 0.3) is 0 Å². The van der Waals surface area contributed by atoms with E-state index < -0.39 is 0 Å². The van der Waals surface area contributed by atoms with E-state index in [9.17, 15) is 10.1 Å². The number of hydrogen-bond acceptors (Lipinski definition) is 4. The number of alkyl halides is 1. The van der Waals surface area contributed by atoms with Gasteiger partial charge in [0.2, 0.25) is 0 Å². The number of ether oxygens (including phenoxy) is 1. The summed E-state index contributed by atoms with van der Waals surface area (Å²) < 4.78 is 5.37. The lowest BCUT2D eigenvalue weighted by Gasteiger charge is -2.27. The van der Waals surface area contributed by atoms with Crippen molar-refractivity contribution in [3.05, 3.63) is 33.9 Å². The molecule has 0 amide bonds. The molecule has 1 fully saturated rings.